The Kier molecular flexibility index (Phi) is 8.26. The van der Waals surface area contributed by atoms with Crippen LogP contribution in [0, 0.1) is 5.92 Å². The number of rotatable bonds is 9. The maximum absolute atomic E-state index is 12.8. The highest BCUT2D eigenvalue weighted by Crippen LogP contribution is 2.18. The van der Waals surface area contributed by atoms with Gasteiger partial charge < -0.3 is 5.32 Å². The number of benzene rings is 1. The molecule has 1 amide bonds. The van der Waals surface area contributed by atoms with Crippen molar-refractivity contribution in [3.63, 3.8) is 0 Å². The van der Waals surface area contributed by atoms with Gasteiger partial charge in [0.2, 0.25) is 15.9 Å². The third kappa shape index (κ3) is 6.59. The van der Waals surface area contributed by atoms with Crippen molar-refractivity contribution in [2.45, 2.75) is 44.9 Å². The topological polar surface area (TPSA) is 69.7 Å². The van der Waals surface area contributed by atoms with E-state index in [0.717, 1.165) is 24.8 Å². The summed E-state index contributed by atoms with van der Waals surface area (Å²) >= 11 is 0. The van der Waals surface area contributed by atoms with Crippen molar-refractivity contribution in [1.29, 1.82) is 0 Å². The molecule has 1 aromatic carbocycles. The van der Waals surface area contributed by atoms with E-state index < -0.39 is 10.0 Å². The second-order valence-corrected chi connectivity index (χ2v) is 9.54. The van der Waals surface area contributed by atoms with Gasteiger partial charge >= 0.3 is 0 Å². The van der Waals surface area contributed by atoms with Gasteiger partial charge in [0.1, 0.15) is 0 Å². The molecule has 7 heteroatoms. The Balaban J connectivity index is 1.84. The summed E-state index contributed by atoms with van der Waals surface area (Å²) in [6.07, 6.45) is 2.96. The van der Waals surface area contributed by atoms with Crippen LogP contribution in [0.3, 0.4) is 0 Å². The van der Waals surface area contributed by atoms with Crippen molar-refractivity contribution in [2.24, 2.45) is 5.92 Å². The molecule has 0 aromatic heterocycles. The zero-order valence-corrected chi connectivity index (χ0v) is 17.6. The lowest BCUT2D eigenvalue weighted by Gasteiger charge is -2.33. The normalized spacial score (nSPS) is 16.6. The smallest absolute Gasteiger partial charge is 0.243 e. The SMILES string of the molecule is CCCc1ccc(S(=O)(=O)N2CCN(CC(=O)NCCC(C)C)CC2)cc1. The minimum Gasteiger partial charge on any atom is -0.355 e. The Morgan fingerprint density at radius 2 is 1.74 bits per heavy atom. The fourth-order valence-electron chi connectivity index (χ4n) is 3.15. The van der Waals surface area contributed by atoms with E-state index in [2.05, 4.69) is 26.1 Å². The van der Waals surface area contributed by atoms with Crippen molar-refractivity contribution < 1.29 is 13.2 Å². The standard InChI is InChI=1S/C20H33N3O3S/c1-4-5-18-6-8-19(9-7-18)27(25,26)23-14-12-22(13-15-23)16-20(24)21-11-10-17(2)3/h6-9,17H,4-5,10-16H2,1-3H3,(H,21,24). The summed E-state index contributed by atoms with van der Waals surface area (Å²) in [5, 5.41) is 2.93. The van der Waals surface area contributed by atoms with Crippen LogP contribution < -0.4 is 5.32 Å². The monoisotopic (exact) mass is 395 g/mol. The first kappa shape index (κ1) is 21.9. The van der Waals surface area contributed by atoms with E-state index in [1.54, 1.807) is 12.1 Å². The summed E-state index contributed by atoms with van der Waals surface area (Å²) in [4.78, 5) is 14.4. The Morgan fingerprint density at radius 1 is 1.11 bits per heavy atom. The van der Waals surface area contributed by atoms with Crippen LogP contribution in [0.15, 0.2) is 29.2 Å². The van der Waals surface area contributed by atoms with Gasteiger partial charge in [0, 0.05) is 32.7 Å². The molecule has 0 unspecified atom stereocenters. The van der Waals surface area contributed by atoms with Crippen LogP contribution in [0.1, 0.15) is 39.2 Å². The van der Waals surface area contributed by atoms with E-state index in [-0.39, 0.29) is 5.91 Å². The van der Waals surface area contributed by atoms with Crippen LogP contribution in [0.4, 0.5) is 0 Å². The lowest BCUT2D eigenvalue weighted by Crippen LogP contribution is -2.51. The molecule has 1 N–H and O–H groups in total. The number of nitrogens with zero attached hydrogens (tertiary/aromatic N) is 2. The molecule has 152 valence electrons. The van der Waals surface area contributed by atoms with Gasteiger partial charge in [0.05, 0.1) is 11.4 Å². The molecule has 0 spiro atoms. The quantitative estimate of drug-likeness (QED) is 0.695. The number of amides is 1. The van der Waals surface area contributed by atoms with Crippen molar-refractivity contribution in [2.75, 3.05) is 39.3 Å². The maximum Gasteiger partial charge on any atom is 0.243 e. The van der Waals surface area contributed by atoms with Crippen LogP contribution in [0.25, 0.3) is 0 Å². The molecule has 27 heavy (non-hydrogen) atoms. The molecule has 1 heterocycles. The highest BCUT2D eigenvalue weighted by molar-refractivity contribution is 7.89. The van der Waals surface area contributed by atoms with Crippen LogP contribution in [-0.4, -0.2) is 62.8 Å². The third-order valence-electron chi connectivity index (χ3n) is 4.84. The van der Waals surface area contributed by atoms with Gasteiger partial charge in [-0.3, -0.25) is 9.69 Å². The van der Waals surface area contributed by atoms with Crippen molar-refractivity contribution in [3.8, 4) is 0 Å². The molecule has 0 radical (unpaired) electrons. The molecule has 0 aliphatic carbocycles. The predicted octanol–water partition coefficient (Wildman–Crippen LogP) is 2.11. The molecule has 0 saturated carbocycles. The van der Waals surface area contributed by atoms with E-state index in [0.29, 0.717) is 50.1 Å². The van der Waals surface area contributed by atoms with Crippen LogP contribution >= 0.6 is 0 Å². The summed E-state index contributed by atoms with van der Waals surface area (Å²) < 4.78 is 27.2. The fourth-order valence-corrected chi connectivity index (χ4v) is 4.58. The van der Waals surface area contributed by atoms with Crippen molar-refractivity contribution >= 4 is 15.9 Å². The van der Waals surface area contributed by atoms with Crippen molar-refractivity contribution in [1.82, 2.24) is 14.5 Å². The third-order valence-corrected chi connectivity index (χ3v) is 6.76. The van der Waals surface area contributed by atoms with Crippen LogP contribution in [0.5, 0.6) is 0 Å². The first-order valence-corrected chi connectivity index (χ1v) is 11.3. The lowest BCUT2D eigenvalue weighted by atomic mass is 10.1. The first-order chi connectivity index (χ1) is 12.8. The van der Waals surface area contributed by atoms with E-state index in [1.165, 1.54) is 4.31 Å². The van der Waals surface area contributed by atoms with Gasteiger partial charge in [-0.05, 0) is 36.5 Å². The molecule has 1 aliphatic heterocycles. The van der Waals surface area contributed by atoms with Crippen LogP contribution in [0.2, 0.25) is 0 Å². The molecule has 2 rings (SSSR count). The summed E-state index contributed by atoms with van der Waals surface area (Å²) in [6, 6.07) is 7.20. The molecule has 1 fully saturated rings. The summed E-state index contributed by atoms with van der Waals surface area (Å²) in [7, 11) is -3.46. The highest BCUT2D eigenvalue weighted by atomic mass is 32.2. The Labute approximate surface area is 164 Å². The van der Waals surface area contributed by atoms with E-state index in [9.17, 15) is 13.2 Å². The molecular formula is C20H33N3O3S. The minimum atomic E-state index is -3.46. The molecule has 1 aliphatic rings. The number of piperazine rings is 1. The molecule has 0 bridgehead atoms. The number of carbonyl (C=O) groups is 1. The predicted molar refractivity (Wildman–Crippen MR) is 108 cm³/mol. The average molecular weight is 396 g/mol. The van der Waals surface area contributed by atoms with Crippen LogP contribution in [-0.2, 0) is 21.2 Å². The zero-order valence-electron chi connectivity index (χ0n) is 16.8. The van der Waals surface area contributed by atoms with Gasteiger partial charge in [-0.15, -0.1) is 0 Å². The maximum atomic E-state index is 12.8. The number of hydrogen-bond acceptors (Lipinski definition) is 4. The largest absolute Gasteiger partial charge is 0.355 e. The first-order valence-electron chi connectivity index (χ1n) is 9.91. The second-order valence-electron chi connectivity index (χ2n) is 7.61. The molecule has 6 nitrogen and oxygen atoms in total. The number of hydrogen-bond donors (Lipinski definition) is 1. The lowest BCUT2D eigenvalue weighted by molar-refractivity contribution is -0.122. The van der Waals surface area contributed by atoms with Gasteiger partial charge in [-0.1, -0.05) is 39.3 Å². The van der Waals surface area contributed by atoms with E-state index in [1.807, 2.05) is 17.0 Å². The van der Waals surface area contributed by atoms with E-state index in [4.69, 9.17) is 0 Å². The zero-order chi connectivity index (χ0) is 19.9. The Bertz CT molecular complexity index is 694. The summed E-state index contributed by atoms with van der Waals surface area (Å²) in [5.41, 5.74) is 1.16. The molecule has 1 aromatic rings. The van der Waals surface area contributed by atoms with Gasteiger partial charge in [-0.2, -0.15) is 4.31 Å². The molecule has 0 atom stereocenters. The van der Waals surface area contributed by atoms with Gasteiger partial charge in [0.15, 0.2) is 0 Å². The second kappa shape index (κ2) is 10.2. The Hall–Kier alpha value is -1.44. The Morgan fingerprint density at radius 3 is 2.30 bits per heavy atom. The van der Waals surface area contributed by atoms with Gasteiger partial charge in [0.25, 0.3) is 0 Å². The average Bonchev–Trinajstić information content (AvgIpc) is 2.62. The summed E-state index contributed by atoms with van der Waals surface area (Å²) in [6.45, 7) is 9.36. The molecule has 1 saturated heterocycles. The number of nitrogens with one attached hydrogen (secondary N) is 1. The number of sulfonamides is 1. The number of aryl methyl sites for hydroxylation is 1. The minimum absolute atomic E-state index is 0.0125. The summed E-state index contributed by atoms with van der Waals surface area (Å²) in [5.74, 6) is 0.577. The van der Waals surface area contributed by atoms with Gasteiger partial charge in [-0.25, -0.2) is 8.42 Å². The fraction of sp³-hybridized carbons (Fsp3) is 0.650. The van der Waals surface area contributed by atoms with Crippen molar-refractivity contribution in [3.05, 3.63) is 29.8 Å². The van der Waals surface area contributed by atoms with E-state index >= 15 is 0 Å². The molecular weight excluding hydrogens is 362 g/mol. The highest BCUT2D eigenvalue weighted by Gasteiger charge is 2.28. The number of carbonyl (C=O) groups excluding carboxylic acids is 1.